The highest BCUT2D eigenvalue weighted by molar-refractivity contribution is 6.04. The van der Waals surface area contributed by atoms with E-state index in [4.69, 9.17) is 0 Å². The van der Waals surface area contributed by atoms with E-state index in [0.717, 1.165) is 0 Å². The fraction of sp³-hybridized carbons (Fsp3) is 0.296. The Hall–Kier alpha value is -3.81. The van der Waals surface area contributed by atoms with Crippen LogP contribution in [0.4, 0.5) is 8.78 Å². The molecule has 2 aliphatic carbocycles. The van der Waals surface area contributed by atoms with Gasteiger partial charge in [0.05, 0.1) is 13.0 Å². The Bertz CT molecular complexity index is 1280. The van der Waals surface area contributed by atoms with Gasteiger partial charge in [-0.05, 0) is 60.4 Å². The number of likely N-dealkylation sites (tertiary alicyclic amines) is 1. The molecule has 0 radical (unpaired) electrons. The number of nitrogens with one attached hydrogen (secondary N) is 1. The van der Waals surface area contributed by atoms with Crippen molar-refractivity contribution in [1.29, 1.82) is 0 Å². The van der Waals surface area contributed by atoms with Gasteiger partial charge in [-0.3, -0.25) is 14.4 Å². The maximum atomic E-state index is 14.3. The minimum atomic E-state index is -1.36. The number of carbonyl (C=O) groups is 3. The van der Waals surface area contributed by atoms with Gasteiger partial charge in [0, 0.05) is 24.1 Å². The molecule has 1 aliphatic heterocycles. The highest BCUT2D eigenvalue weighted by Crippen LogP contribution is 2.34. The first-order valence-electron chi connectivity index (χ1n) is 11.4. The molecule has 35 heavy (non-hydrogen) atoms. The summed E-state index contributed by atoms with van der Waals surface area (Å²) in [4.78, 5) is 39.4. The molecule has 1 aromatic carbocycles. The minimum Gasteiger partial charge on any atom is -0.508 e. The molecule has 0 unspecified atom stereocenters. The second-order valence-corrected chi connectivity index (χ2v) is 8.90. The lowest BCUT2D eigenvalue weighted by Gasteiger charge is -2.24. The van der Waals surface area contributed by atoms with Gasteiger partial charge in [-0.2, -0.15) is 0 Å². The van der Waals surface area contributed by atoms with E-state index < -0.39 is 29.8 Å². The molecular formula is C27H26F2N2O4. The molecule has 0 saturated carbocycles. The van der Waals surface area contributed by atoms with Crippen LogP contribution in [0.5, 0.6) is 5.75 Å². The highest BCUT2D eigenvalue weighted by Gasteiger charge is 2.40. The van der Waals surface area contributed by atoms with E-state index >= 15 is 0 Å². The summed E-state index contributed by atoms with van der Waals surface area (Å²) in [6.07, 6.45) is -1.64. The van der Waals surface area contributed by atoms with Crippen LogP contribution in [0.1, 0.15) is 40.4 Å². The van der Waals surface area contributed by atoms with E-state index in [0.29, 0.717) is 33.4 Å². The van der Waals surface area contributed by atoms with E-state index in [1.165, 1.54) is 24.0 Å². The van der Waals surface area contributed by atoms with E-state index in [1.54, 1.807) is 43.3 Å². The number of fused-ring (bicyclic) bond motifs is 1. The van der Waals surface area contributed by atoms with Crippen LogP contribution >= 0.6 is 0 Å². The van der Waals surface area contributed by atoms with Crippen LogP contribution in [0, 0.1) is 12.7 Å². The van der Waals surface area contributed by atoms with Gasteiger partial charge in [0.2, 0.25) is 11.8 Å². The third-order valence-corrected chi connectivity index (χ3v) is 6.41. The fourth-order valence-electron chi connectivity index (χ4n) is 4.57. The maximum absolute atomic E-state index is 14.3. The molecule has 1 heterocycles. The van der Waals surface area contributed by atoms with E-state index in [9.17, 15) is 28.3 Å². The monoisotopic (exact) mass is 480 g/mol. The Morgan fingerprint density at radius 2 is 1.80 bits per heavy atom. The van der Waals surface area contributed by atoms with Crippen molar-refractivity contribution in [2.75, 3.05) is 6.54 Å². The summed E-state index contributed by atoms with van der Waals surface area (Å²) in [5, 5.41) is 12.4. The topological polar surface area (TPSA) is 86.7 Å². The first-order chi connectivity index (χ1) is 16.7. The average Bonchev–Trinajstić information content (AvgIpc) is 3.31. The van der Waals surface area contributed by atoms with Crippen LogP contribution in [0.2, 0.25) is 0 Å². The van der Waals surface area contributed by atoms with Gasteiger partial charge in [0.25, 0.3) is 0 Å². The largest absolute Gasteiger partial charge is 0.508 e. The normalized spacial score (nSPS) is 17.5. The number of halogens is 2. The molecule has 1 saturated heterocycles. The zero-order valence-electron chi connectivity index (χ0n) is 19.5. The first kappa shape index (κ1) is 24.3. The quantitative estimate of drug-likeness (QED) is 0.523. The van der Waals surface area contributed by atoms with Gasteiger partial charge in [-0.15, -0.1) is 0 Å². The fourth-order valence-corrected chi connectivity index (χ4v) is 4.57. The SMILES string of the molecule is CC(=O)c1cc(CC(=O)N2C[C@H](F)C[C@H]2C(=O)NCc2cccc(C)c2F)c2ccc(O)ccc1-2. The summed E-state index contributed by atoms with van der Waals surface area (Å²) in [5.41, 5.74) is 2.94. The lowest BCUT2D eigenvalue weighted by molar-refractivity contribution is -0.138. The van der Waals surface area contributed by atoms with E-state index in [1.807, 2.05) is 0 Å². The van der Waals surface area contributed by atoms with Crippen molar-refractivity contribution in [3.63, 3.8) is 0 Å². The summed E-state index contributed by atoms with van der Waals surface area (Å²) in [6.45, 7) is 2.75. The molecule has 2 amide bonds. The first-order valence-corrected chi connectivity index (χ1v) is 11.4. The lowest BCUT2D eigenvalue weighted by Crippen LogP contribution is -2.46. The van der Waals surface area contributed by atoms with Crippen LogP contribution in [0.25, 0.3) is 11.1 Å². The predicted molar refractivity (Wildman–Crippen MR) is 126 cm³/mol. The zero-order valence-corrected chi connectivity index (χ0v) is 19.5. The molecule has 0 bridgehead atoms. The highest BCUT2D eigenvalue weighted by atomic mass is 19.1. The number of rotatable bonds is 6. The number of amides is 2. The smallest absolute Gasteiger partial charge is 0.243 e. The molecule has 6 nitrogen and oxygen atoms in total. The number of aryl methyl sites for hydroxylation is 1. The molecule has 0 aromatic heterocycles. The molecule has 0 spiro atoms. The lowest BCUT2D eigenvalue weighted by atomic mass is 10.0. The molecule has 2 atom stereocenters. The summed E-state index contributed by atoms with van der Waals surface area (Å²) < 4.78 is 28.6. The van der Waals surface area contributed by atoms with Crippen molar-refractivity contribution in [3.05, 3.63) is 76.6 Å². The van der Waals surface area contributed by atoms with Crippen LogP contribution in [-0.4, -0.2) is 46.4 Å². The Kier molecular flexibility index (Phi) is 6.82. The number of hydrogen-bond acceptors (Lipinski definition) is 4. The van der Waals surface area contributed by atoms with Gasteiger partial charge in [-0.25, -0.2) is 8.78 Å². The van der Waals surface area contributed by atoms with Crippen LogP contribution in [0.15, 0.2) is 48.5 Å². The van der Waals surface area contributed by atoms with E-state index in [2.05, 4.69) is 5.32 Å². The number of carbonyl (C=O) groups excluding carboxylic acids is 3. The average molecular weight is 481 g/mol. The van der Waals surface area contributed by atoms with Gasteiger partial charge in [-0.1, -0.05) is 24.3 Å². The molecule has 1 aromatic rings. The van der Waals surface area contributed by atoms with Crippen molar-refractivity contribution in [3.8, 4) is 16.9 Å². The minimum absolute atomic E-state index is 0.00887. The standard InChI is InChI=1S/C27H26F2N2O4/c1-15-4-3-5-17(26(15)29)13-30-27(35)24-12-19(28)14-31(24)25(34)11-18-10-23(16(2)32)22-9-7-20(33)6-8-21(18)22/h3-10,19,24,33H,11-14H2,1-2H3,(H,30,35)/t19-,24+/m1/s1. The number of ketones is 1. The molecule has 182 valence electrons. The maximum Gasteiger partial charge on any atom is 0.243 e. The molecule has 2 N–H and O–H groups in total. The number of aromatic hydroxyl groups is 1. The van der Waals surface area contributed by atoms with Crippen LogP contribution < -0.4 is 5.32 Å². The van der Waals surface area contributed by atoms with Crippen molar-refractivity contribution in [1.82, 2.24) is 10.2 Å². The zero-order chi connectivity index (χ0) is 25.3. The van der Waals surface area contributed by atoms with Gasteiger partial charge >= 0.3 is 0 Å². The van der Waals surface area contributed by atoms with Crippen molar-refractivity contribution < 1.29 is 28.3 Å². The Morgan fingerprint density at radius 1 is 1.09 bits per heavy atom. The summed E-state index contributed by atoms with van der Waals surface area (Å²) in [6, 6.07) is 11.6. The number of nitrogens with zero attached hydrogens (tertiary/aromatic N) is 1. The van der Waals surface area contributed by atoms with Crippen LogP contribution in [0.3, 0.4) is 0 Å². The van der Waals surface area contributed by atoms with Gasteiger partial charge in [0.15, 0.2) is 5.78 Å². The molecule has 3 aliphatic rings. The summed E-state index contributed by atoms with van der Waals surface area (Å²) in [7, 11) is 0. The third-order valence-electron chi connectivity index (χ3n) is 6.41. The Labute approximate surface area is 201 Å². The van der Waals surface area contributed by atoms with Gasteiger partial charge in [0.1, 0.15) is 23.8 Å². The van der Waals surface area contributed by atoms with Crippen molar-refractivity contribution >= 4 is 17.6 Å². The summed E-state index contributed by atoms with van der Waals surface area (Å²) in [5.74, 6) is -1.60. The summed E-state index contributed by atoms with van der Waals surface area (Å²) >= 11 is 0. The molecule has 4 rings (SSSR count). The molecule has 8 heteroatoms. The number of Topliss-reactive ketones (excluding diaryl/α,β-unsaturated/α-hetero) is 1. The molecule has 1 fully saturated rings. The van der Waals surface area contributed by atoms with Gasteiger partial charge < -0.3 is 15.3 Å². The van der Waals surface area contributed by atoms with E-state index in [-0.39, 0.29) is 37.5 Å². The van der Waals surface area contributed by atoms with Crippen molar-refractivity contribution in [2.24, 2.45) is 0 Å². The number of benzene rings is 1. The number of hydrogen-bond donors (Lipinski definition) is 2. The van der Waals surface area contributed by atoms with Crippen LogP contribution in [-0.2, 0) is 22.6 Å². The Morgan fingerprint density at radius 3 is 2.51 bits per heavy atom. The Balaban J connectivity index is 1.53. The second-order valence-electron chi connectivity index (χ2n) is 8.90. The predicted octanol–water partition coefficient (Wildman–Crippen LogP) is 3.95. The van der Waals surface area contributed by atoms with Crippen molar-refractivity contribution in [2.45, 2.75) is 45.4 Å². The second kappa shape index (κ2) is 9.82. The third kappa shape index (κ3) is 5.01. The number of alkyl halides is 1. The molecular weight excluding hydrogens is 454 g/mol.